The molecule has 29 heavy (non-hydrogen) atoms. The summed E-state index contributed by atoms with van der Waals surface area (Å²) >= 11 is 5.85. The molecule has 2 rings (SSSR count). The molecular formula is C22H34ClN3O3. The van der Waals surface area contributed by atoms with E-state index in [-0.39, 0.29) is 17.9 Å². The van der Waals surface area contributed by atoms with E-state index < -0.39 is 0 Å². The highest BCUT2D eigenvalue weighted by Crippen LogP contribution is 2.30. The first-order chi connectivity index (χ1) is 13.8. The Balaban J connectivity index is 1.72. The van der Waals surface area contributed by atoms with Crippen molar-refractivity contribution < 1.29 is 14.3 Å². The number of carbonyl (C=O) groups excluding carboxylic acids is 2. The SMILES string of the molecule is CN(C)CCCN(C)C(=O)C1CCC(CN(C)C(=O)Oc2ccc(Cl)cc2)CC1. The number of ether oxygens (including phenoxy) is 1. The van der Waals surface area contributed by atoms with Crippen LogP contribution in [0.4, 0.5) is 4.79 Å². The zero-order valence-corrected chi connectivity index (χ0v) is 18.8. The van der Waals surface area contributed by atoms with Gasteiger partial charge in [0.2, 0.25) is 5.91 Å². The lowest BCUT2D eigenvalue weighted by Crippen LogP contribution is -2.39. The number of halogens is 1. The van der Waals surface area contributed by atoms with Crippen molar-refractivity contribution in [3.63, 3.8) is 0 Å². The molecule has 1 fully saturated rings. The van der Waals surface area contributed by atoms with Crippen molar-refractivity contribution in [1.82, 2.24) is 14.7 Å². The average molecular weight is 424 g/mol. The van der Waals surface area contributed by atoms with Gasteiger partial charge in [-0.05, 0) is 82.9 Å². The maximum atomic E-state index is 12.7. The number of benzene rings is 1. The van der Waals surface area contributed by atoms with Gasteiger partial charge >= 0.3 is 6.09 Å². The lowest BCUT2D eigenvalue weighted by molar-refractivity contribution is -0.135. The molecule has 1 saturated carbocycles. The second-order valence-electron chi connectivity index (χ2n) is 8.34. The summed E-state index contributed by atoms with van der Waals surface area (Å²) in [6.07, 6.45) is 4.32. The normalized spacial score (nSPS) is 19.1. The third-order valence-electron chi connectivity index (χ3n) is 5.53. The molecule has 0 atom stereocenters. The van der Waals surface area contributed by atoms with E-state index in [2.05, 4.69) is 4.90 Å². The molecule has 0 spiro atoms. The van der Waals surface area contributed by atoms with Crippen LogP contribution in [0.25, 0.3) is 0 Å². The maximum Gasteiger partial charge on any atom is 0.414 e. The smallest absolute Gasteiger partial charge is 0.410 e. The largest absolute Gasteiger partial charge is 0.414 e. The molecule has 0 N–H and O–H groups in total. The molecule has 0 unspecified atom stereocenters. The summed E-state index contributed by atoms with van der Waals surface area (Å²) < 4.78 is 5.38. The Hall–Kier alpha value is -1.79. The van der Waals surface area contributed by atoms with Gasteiger partial charge in [-0.25, -0.2) is 4.79 Å². The third kappa shape index (κ3) is 7.86. The minimum absolute atomic E-state index is 0.113. The maximum absolute atomic E-state index is 12.7. The molecule has 6 nitrogen and oxygen atoms in total. The molecule has 0 aliphatic heterocycles. The van der Waals surface area contributed by atoms with Crippen molar-refractivity contribution in [3.8, 4) is 5.75 Å². The van der Waals surface area contributed by atoms with Gasteiger partial charge in [0.05, 0.1) is 0 Å². The van der Waals surface area contributed by atoms with E-state index in [4.69, 9.17) is 16.3 Å². The van der Waals surface area contributed by atoms with Crippen LogP contribution in [0.1, 0.15) is 32.1 Å². The van der Waals surface area contributed by atoms with Crippen LogP contribution in [0.3, 0.4) is 0 Å². The van der Waals surface area contributed by atoms with Crippen molar-refractivity contribution in [2.45, 2.75) is 32.1 Å². The standard InChI is InChI=1S/C22H34ClN3O3/c1-24(2)14-5-15-25(3)21(27)18-8-6-17(7-9-18)16-26(4)22(28)29-20-12-10-19(23)11-13-20/h10-13,17-18H,5-9,14-16H2,1-4H3. The van der Waals surface area contributed by atoms with E-state index in [0.29, 0.717) is 23.2 Å². The second-order valence-corrected chi connectivity index (χ2v) is 8.77. The van der Waals surface area contributed by atoms with Crippen LogP contribution in [-0.2, 0) is 4.79 Å². The third-order valence-corrected chi connectivity index (χ3v) is 5.79. The second kappa shape index (κ2) is 11.4. The topological polar surface area (TPSA) is 53.1 Å². The van der Waals surface area contributed by atoms with E-state index in [1.807, 2.05) is 26.0 Å². The van der Waals surface area contributed by atoms with Crippen molar-refractivity contribution in [1.29, 1.82) is 0 Å². The van der Waals surface area contributed by atoms with Gasteiger partial charge in [-0.2, -0.15) is 0 Å². The van der Waals surface area contributed by atoms with Gasteiger partial charge in [-0.15, -0.1) is 0 Å². The zero-order chi connectivity index (χ0) is 21.4. The molecule has 0 radical (unpaired) electrons. The molecule has 0 aromatic heterocycles. The highest BCUT2D eigenvalue weighted by Gasteiger charge is 2.29. The first-order valence-electron chi connectivity index (χ1n) is 10.3. The Kier molecular flexibility index (Phi) is 9.24. The van der Waals surface area contributed by atoms with Gasteiger partial charge in [0, 0.05) is 38.1 Å². The molecular weight excluding hydrogens is 390 g/mol. The van der Waals surface area contributed by atoms with Gasteiger partial charge in [-0.3, -0.25) is 4.79 Å². The van der Waals surface area contributed by atoms with Crippen molar-refractivity contribution >= 4 is 23.6 Å². The Morgan fingerprint density at radius 1 is 0.966 bits per heavy atom. The highest BCUT2D eigenvalue weighted by molar-refractivity contribution is 6.30. The predicted molar refractivity (Wildman–Crippen MR) is 116 cm³/mol. The monoisotopic (exact) mass is 423 g/mol. The van der Waals surface area contributed by atoms with Crippen LogP contribution in [0.15, 0.2) is 24.3 Å². The van der Waals surface area contributed by atoms with Crippen LogP contribution < -0.4 is 4.74 Å². The minimum atomic E-state index is -0.369. The Morgan fingerprint density at radius 3 is 2.17 bits per heavy atom. The van der Waals surface area contributed by atoms with Crippen LogP contribution in [0, 0.1) is 11.8 Å². The molecule has 1 aliphatic carbocycles. The van der Waals surface area contributed by atoms with Crippen molar-refractivity contribution in [2.24, 2.45) is 11.8 Å². The van der Waals surface area contributed by atoms with Gasteiger partial charge in [0.1, 0.15) is 5.75 Å². The molecule has 0 bridgehead atoms. The molecule has 0 saturated heterocycles. The lowest BCUT2D eigenvalue weighted by Gasteiger charge is -2.32. The Morgan fingerprint density at radius 2 is 1.59 bits per heavy atom. The number of rotatable bonds is 8. The summed E-state index contributed by atoms with van der Waals surface area (Å²) in [5, 5.41) is 0.604. The van der Waals surface area contributed by atoms with E-state index in [9.17, 15) is 9.59 Å². The molecule has 1 aromatic rings. The highest BCUT2D eigenvalue weighted by atomic mass is 35.5. The van der Waals surface area contributed by atoms with E-state index in [1.165, 1.54) is 0 Å². The van der Waals surface area contributed by atoms with Gasteiger partial charge in [-0.1, -0.05) is 11.6 Å². The number of hydrogen-bond donors (Lipinski definition) is 0. The first-order valence-corrected chi connectivity index (χ1v) is 10.7. The summed E-state index contributed by atoms with van der Waals surface area (Å²) in [6.45, 7) is 2.44. The quantitative estimate of drug-likeness (QED) is 0.634. The van der Waals surface area contributed by atoms with E-state index in [0.717, 1.165) is 45.2 Å². The summed E-state index contributed by atoms with van der Waals surface area (Å²) in [5.41, 5.74) is 0. The van der Waals surface area contributed by atoms with Crippen LogP contribution in [0.5, 0.6) is 5.75 Å². The minimum Gasteiger partial charge on any atom is -0.410 e. The molecule has 1 aromatic carbocycles. The lowest BCUT2D eigenvalue weighted by atomic mass is 9.81. The van der Waals surface area contributed by atoms with Gasteiger partial charge in [0.25, 0.3) is 0 Å². The zero-order valence-electron chi connectivity index (χ0n) is 18.1. The Labute approximate surface area is 179 Å². The van der Waals surface area contributed by atoms with Crippen LogP contribution >= 0.6 is 11.6 Å². The number of carbonyl (C=O) groups is 2. The van der Waals surface area contributed by atoms with Crippen molar-refractivity contribution in [2.75, 3.05) is 47.8 Å². The fourth-order valence-corrected chi connectivity index (χ4v) is 3.91. The van der Waals surface area contributed by atoms with Crippen LogP contribution in [0.2, 0.25) is 5.02 Å². The van der Waals surface area contributed by atoms with E-state index in [1.54, 1.807) is 36.2 Å². The summed E-state index contributed by atoms with van der Waals surface area (Å²) in [5.74, 6) is 1.26. The molecule has 162 valence electrons. The predicted octanol–water partition coefficient (Wildman–Crippen LogP) is 3.99. The number of nitrogens with zero attached hydrogens (tertiary/aromatic N) is 3. The van der Waals surface area contributed by atoms with Gasteiger partial charge < -0.3 is 19.4 Å². The summed E-state index contributed by atoms with van der Waals surface area (Å²) in [4.78, 5) is 30.6. The first kappa shape index (κ1) is 23.5. The molecule has 2 amide bonds. The molecule has 7 heteroatoms. The molecule has 1 aliphatic rings. The summed E-state index contributed by atoms with van der Waals surface area (Å²) in [7, 11) is 7.76. The number of hydrogen-bond acceptors (Lipinski definition) is 4. The summed E-state index contributed by atoms with van der Waals surface area (Å²) in [6, 6.07) is 6.75. The average Bonchev–Trinajstić information content (AvgIpc) is 2.69. The number of amides is 2. The van der Waals surface area contributed by atoms with Crippen molar-refractivity contribution in [3.05, 3.63) is 29.3 Å². The molecule has 0 heterocycles. The Bertz CT molecular complexity index is 658. The van der Waals surface area contributed by atoms with E-state index >= 15 is 0 Å². The fraction of sp³-hybridized carbons (Fsp3) is 0.636. The van der Waals surface area contributed by atoms with Gasteiger partial charge in [0.15, 0.2) is 0 Å². The van der Waals surface area contributed by atoms with Crippen LogP contribution in [-0.4, -0.2) is 74.5 Å². The fourth-order valence-electron chi connectivity index (χ4n) is 3.78.